The highest BCUT2D eigenvalue weighted by atomic mass is 16.5. The Labute approximate surface area is 109 Å². The van der Waals surface area contributed by atoms with Gasteiger partial charge in [-0.1, -0.05) is 0 Å². The van der Waals surface area contributed by atoms with Crippen molar-refractivity contribution < 1.29 is 14.6 Å². The maximum atomic E-state index is 10.8. The largest absolute Gasteiger partial charge is 0.479 e. The Kier molecular flexibility index (Phi) is 4.59. The van der Waals surface area contributed by atoms with Gasteiger partial charge in [0.25, 0.3) is 0 Å². The number of likely N-dealkylation sites (N-methyl/N-ethyl adjacent to an activating group) is 1. The van der Waals surface area contributed by atoms with Crippen LogP contribution in [-0.2, 0) is 9.53 Å². The van der Waals surface area contributed by atoms with Crippen molar-refractivity contribution in [2.45, 2.75) is 43.9 Å². The van der Waals surface area contributed by atoms with Gasteiger partial charge in [-0.2, -0.15) is 0 Å². The molecule has 0 spiro atoms. The number of carboxylic acid groups (broad SMARTS) is 1. The molecule has 2 aliphatic heterocycles. The first kappa shape index (κ1) is 13.8. The van der Waals surface area contributed by atoms with E-state index < -0.39 is 12.1 Å². The average Bonchev–Trinajstić information content (AvgIpc) is 2.78. The zero-order valence-electron chi connectivity index (χ0n) is 11.3. The molecule has 1 N–H and O–H groups in total. The summed E-state index contributed by atoms with van der Waals surface area (Å²) in [7, 11) is 4.25. The SMILES string of the molecule is CN(C)C1CCCN(CC2CCC(C(=O)O)O2)C1. The average molecular weight is 256 g/mol. The summed E-state index contributed by atoms with van der Waals surface area (Å²) >= 11 is 0. The first-order valence-corrected chi connectivity index (χ1v) is 6.83. The molecule has 2 rings (SSSR count). The number of nitrogens with zero attached hydrogens (tertiary/aromatic N) is 2. The zero-order chi connectivity index (χ0) is 13.1. The molecule has 0 aromatic rings. The van der Waals surface area contributed by atoms with Crippen molar-refractivity contribution in [1.29, 1.82) is 0 Å². The summed E-state index contributed by atoms with van der Waals surface area (Å²) in [5.41, 5.74) is 0. The Morgan fingerprint density at radius 3 is 2.78 bits per heavy atom. The van der Waals surface area contributed by atoms with Crippen molar-refractivity contribution in [2.75, 3.05) is 33.7 Å². The molecule has 2 heterocycles. The Morgan fingerprint density at radius 1 is 1.39 bits per heavy atom. The van der Waals surface area contributed by atoms with E-state index in [4.69, 9.17) is 9.84 Å². The van der Waals surface area contributed by atoms with E-state index in [9.17, 15) is 4.79 Å². The summed E-state index contributed by atoms with van der Waals surface area (Å²) in [5, 5.41) is 8.91. The van der Waals surface area contributed by atoms with Crippen LogP contribution >= 0.6 is 0 Å². The lowest BCUT2D eigenvalue weighted by Gasteiger charge is -2.37. The van der Waals surface area contributed by atoms with Gasteiger partial charge in [-0.25, -0.2) is 4.79 Å². The molecule has 0 aliphatic carbocycles. The predicted molar refractivity (Wildman–Crippen MR) is 68.7 cm³/mol. The van der Waals surface area contributed by atoms with Gasteiger partial charge < -0.3 is 14.7 Å². The zero-order valence-corrected chi connectivity index (χ0v) is 11.3. The summed E-state index contributed by atoms with van der Waals surface area (Å²) < 4.78 is 5.57. The molecule has 2 aliphatic rings. The van der Waals surface area contributed by atoms with E-state index >= 15 is 0 Å². The van der Waals surface area contributed by atoms with Crippen LogP contribution in [-0.4, -0.2) is 72.9 Å². The smallest absolute Gasteiger partial charge is 0.332 e. The lowest BCUT2D eigenvalue weighted by atomic mass is 10.0. The molecule has 104 valence electrons. The minimum atomic E-state index is -0.817. The number of likely N-dealkylation sites (tertiary alicyclic amines) is 1. The van der Waals surface area contributed by atoms with Crippen LogP contribution < -0.4 is 0 Å². The Hall–Kier alpha value is -0.650. The van der Waals surface area contributed by atoms with Crippen molar-refractivity contribution in [1.82, 2.24) is 9.80 Å². The van der Waals surface area contributed by atoms with Gasteiger partial charge in [-0.3, -0.25) is 4.90 Å². The molecular weight excluding hydrogens is 232 g/mol. The maximum absolute atomic E-state index is 10.8. The van der Waals surface area contributed by atoms with Gasteiger partial charge in [0.2, 0.25) is 0 Å². The van der Waals surface area contributed by atoms with E-state index in [1.807, 2.05) is 0 Å². The second-order valence-corrected chi connectivity index (χ2v) is 5.68. The van der Waals surface area contributed by atoms with E-state index in [-0.39, 0.29) is 6.10 Å². The number of ether oxygens (including phenoxy) is 1. The minimum Gasteiger partial charge on any atom is -0.479 e. The Balaban J connectivity index is 1.78. The third-order valence-corrected chi connectivity index (χ3v) is 4.06. The van der Waals surface area contributed by atoms with E-state index in [1.54, 1.807) is 0 Å². The Bertz CT molecular complexity index is 296. The summed E-state index contributed by atoms with van der Waals surface area (Å²) in [6.07, 6.45) is 3.53. The van der Waals surface area contributed by atoms with Gasteiger partial charge in [0, 0.05) is 19.1 Å². The van der Waals surface area contributed by atoms with Gasteiger partial charge in [0.15, 0.2) is 6.10 Å². The summed E-state index contributed by atoms with van der Waals surface area (Å²) in [6.45, 7) is 3.07. The number of carboxylic acids is 1. The molecule has 0 radical (unpaired) electrons. The van der Waals surface area contributed by atoms with Crippen LogP contribution in [0.1, 0.15) is 25.7 Å². The fourth-order valence-corrected chi connectivity index (χ4v) is 2.93. The molecule has 3 atom stereocenters. The van der Waals surface area contributed by atoms with Crippen molar-refractivity contribution in [3.63, 3.8) is 0 Å². The van der Waals surface area contributed by atoms with Crippen molar-refractivity contribution in [2.24, 2.45) is 0 Å². The fraction of sp³-hybridized carbons (Fsp3) is 0.923. The first-order chi connectivity index (χ1) is 8.56. The lowest BCUT2D eigenvalue weighted by molar-refractivity contribution is -0.149. The van der Waals surface area contributed by atoms with Crippen LogP contribution in [0.15, 0.2) is 0 Å². The van der Waals surface area contributed by atoms with E-state index in [0.717, 1.165) is 26.1 Å². The topological polar surface area (TPSA) is 53.0 Å². The van der Waals surface area contributed by atoms with Gasteiger partial charge in [0.05, 0.1) is 6.10 Å². The van der Waals surface area contributed by atoms with Crippen molar-refractivity contribution in [3.05, 3.63) is 0 Å². The molecule has 5 nitrogen and oxygen atoms in total. The third kappa shape index (κ3) is 3.43. The highest BCUT2D eigenvalue weighted by molar-refractivity contribution is 5.72. The van der Waals surface area contributed by atoms with E-state index in [1.165, 1.54) is 12.8 Å². The van der Waals surface area contributed by atoms with E-state index in [0.29, 0.717) is 12.5 Å². The summed E-state index contributed by atoms with van der Waals surface area (Å²) in [5.74, 6) is -0.817. The number of rotatable bonds is 4. The molecule has 0 aromatic carbocycles. The lowest BCUT2D eigenvalue weighted by Crippen LogP contribution is -2.47. The van der Waals surface area contributed by atoms with E-state index in [2.05, 4.69) is 23.9 Å². The van der Waals surface area contributed by atoms with Gasteiger partial charge in [0.1, 0.15) is 0 Å². The van der Waals surface area contributed by atoms with Crippen LogP contribution in [0, 0.1) is 0 Å². The fourth-order valence-electron chi connectivity index (χ4n) is 2.93. The minimum absolute atomic E-state index is 0.104. The van der Waals surface area contributed by atoms with Gasteiger partial charge in [-0.15, -0.1) is 0 Å². The molecule has 2 fully saturated rings. The highest BCUT2D eigenvalue weighted by Gasteiger charge is 2.32. The van der Waals surface area contributed by atoms with Crippen LogP contribution in [0.25, 0.3) is 0 Å². The first-order valence-electron chi connectivity index (χ1n) is 6.83. The molecule has 18 heavy (non-hydrogen) atoms. The summed E-state index contributed by atoms with van der Waals surface area (Å²) in [4.78, 5) is 15.5. The molecule has 0 saturated carbocycles. The van der Waals surface area contributed by atoms with Crippen LogP contribution in [0.2, 0.25) is 0 Å². The highest BCUT2D eigenvalue weighted by Crippen LogP contribution is 2.22. The van der Waals surface area contributed by atoms with Crippen molar-refractivity contribution >= 4 is 5.97 Å². The predicted octanol–water partition coefficient (Wildman–Crippen LogP) is 0.645. The van der Waals surface area contributed by atoms with Gasteiger partial charge >= 0.3 is 5.97 Å². The van der Waals surface area contributed by atoms with Crippen molar-refractivity contribution in [3.8, 4) is 0 Å². The maximum Gasteiger partial charge on any atom is 0.332 e. The third-order valence-electron chi connectivity index (χ3n) is 4.06. The van der Waals surface area contributed by atoms with Gasteiger partial charge in [-0.05, 0) is 46.3 Å². The molecule has 2 saturated heterocycles. The molecule has 0 aromatic heterocycles. The monoisotopic (exact) mass is 256 g/mol. The normalized spacial score (nSPS) is 34.1. The number of hydrogen-bond donors (Lipinski definition) is 1. The molecule has 3 unspecified atom stereocenters. The van der Waals surface area contributed by atoms with Crippen LogP contribution in [0.4, 0.5) is 0 Å². The summed E-state index contributed by atoms with van der Waals surface area (Å²) in [6, 6.07) is 0.621. The Morgan fingerprint density at radius 2 is 2.17 bits per heavy atom. The number of hydrogen-bond acceptors (Lipinski definition) is 4. The molecular formula is C13H24N2O3. The molecule has 0 amide bonds. The quantitative estimate of drug-likeness (QED) is 0.800. The second-order valence-electron chi connectivity index (χ2n) is 5.68. The number of piperidine rings is 1. The number of carbonyl (C=O) groups is 1. The standard InChI is InChI=1S/C13H24N2O3/c1-14(2)10-4-3-7-15(8-10)9-11-5-6-12(18-11)13(16)17/h10-12H,3-9H2,1-2H3,(H,16,17). The van der Waals surface area contributed by atoms with Crippen LogP contribution in [0.3, 0.4) is 0 Å². The van der Waals surface area contributed by atoms with Crippen LogP contribution in [0.5, 0.6) is 0 Å². The number of aliphatic carboxylic acids is 1. The molecule has 5 heteroatoms. The second kappa shape index (κ2) is 5.99. The molecule has 0 bridgehead atoms.